The van der Waals surface area contributed by atoms with Gasteiger partial charge < -0.3 is 23.7 Å². The number of carbonyl (C=O) groups excluding carboxylic acids is 1. The van der Waals surface area contributed by atoms with E-state index in [0.29, 0.717) is 22.8 Å². The Labute approximate surface area is 105 Å². The maximum Gasteiger partial charge on any atom is 0.338 e. The second kappa shape index (κ2) is 6.70. The summed E-state index contributed by atoms with van der Waals surface area (Å²) in [5.41, 5.74) is 0.316. The lowest BCUT2D eigenvalue weighted by Gasteiger charge is -2.14. The fourth-order valence-electron chi connectivity index (χ4n) is 1.38. The van der Waals surface area contributed by atoms with E-state index in [9.17, 15) is 4.79 Å². The molecule has 18 heavy (non-hydrogen) atoms. The quantitative estimate of drug-likeness (QED) is 0.567. The summed E-state index contributed by atoms with van der Waals surface area (Å²) in [4.78, 5) is 11.5. The van der Waals surface area contributed by atoms with Gasteiger partial charge in [0, 0.05) is 7.11 Å². The molecule has 0 amide bonds. The number of hydrogen-bond donors (Lipinski definition) is 0. The fourth-order valence-corrected chi connectivity index (χ4v) is 1.38. The summed E-state index contributed by atoms with van der Waals surface area (Å²) in [6.45, 7) is 0.0459. The molecule has 0 aromatic heterocycles. The zero-order valence-electron chi connectivity index (χ0n) is 10.8. The Kier molecular flexibility index (Phi) is 5.26. The zero-order valence-corrected chi connectivity index (χ0v) is 10.8. The molecule has 0 radical (unpaired) electrons. The molecule has 0 bridgehead atoms. The Morgan fingerprint density at radius 2 is 1.61 bits per heavy atom. The van der Waals surface area contributed by atoms with E-state index >= 15 is 0 Å². The van der Waals surface area contributed by atoms with Gasteiger partial charge in [0.05, 0.1) is 26.9 Å². The summed E-state index contributed by atoms with van der Waals surface area (Å²) < 4.78 is 25.1. The number of esters is 1. The minimum absolute atomic E-state index is 0.0459. The predicted octanol–water partition coefficient (Wildman–Crippen LogP) is 1.47. The molecule has 6 nitrogen and oxygen atoms in total. The van der Waals surface area contributed by atoms with Gasteiger partial charge >= 0.3 is 5.97 Å². The van der Waals surface area contributed by atoms with Crippen molar-refractivity contribution in [1.29, 1.82) is 0 Å². The Bertz CT molecular complexity index is 390. The van der Waals surface area contributed by atoms with Crippen molar-refractivity contribution in [2.75, 3.05) is 35.2 Å². The van der Waals surface area contributed by atoms with Crippen LogP contribution in [0.2, 0.25) is 0 Å². The third-order valence-electron chi connectivity index (χ3n) is 2.20. The highest BCUT2D eigenvalue weighted by Crippen LogP contribution is 2.38. The molecule has 0 N–H and O–H groups in total. The molecule has 0 unspecified atom stereocenters. The largest absolute Gasteiger partial charge is 0.493 e. The molecule has 0 aliphatic rings. The van der Waals surface area contributed by atoms with Crippen molar-refractivity contribution in [2.24, 2.45) is 0 Å². The van der Waals surface area contributed by atoms with Gasteiger partial charge in [0.15, 0.2) is 18.3 Å². The molecule has 0 saturated carbocycles. The SMILES string of the molecule is COCOc1c(OC)cc(C(=O)OC)cc1OC. The van der Waals surface area contributed by atoms with Crippen LogP contribution in [0.3, 0.4) is 0 Å². The summed E-state index contributed by atoms with van der Waals surface area (Å²) in [5.74, 6) is 0.623. The first-order valence-corrected chi connectivity index (χ1v) is 5.14. The number of methoxy groups -OCH3 is 4. The average molecular weight is 256 g/mol. The van der Waals surface area contributed by atoms with Crippen molar-refractivity contribution in [1.82, 2.24) is 0 Å². The van der Waals surface area contributed by atoms with E-state index < -0.39 is 5.97 Å². The van der Waals surface area contributed by atoms with Gasteiger partial charge in [0.2, 0.25) is 5.75 Å². The Morgan fingerprint density at radius 1 is 1.06 bits per heavy atom. The second-order valence-corrected chi connectivity index (χ2v) is 3.25. The summed E-state index contributed by atoms with van der Waals surface area (Å²) in [7, 11) is 5.74. The van der Waals surface area contributed by atoms with Crippen molar-refractivity contribution in [3.05, 3.63) is 17.7 Å². The van der Waals surface area contributed by atoms with Crippen LogP contribution >= 0.6 is 0 Å². The van der Waals surface area contributed by atoms with Gasteiger partial charge in [-0.2, -0.15) is 0 Å². The summed E-state index contributed by atoms with van der Waals surface area (Å²) in [5, 5.41) is 0. The minimum atomic E-state index is -0.482. The number of benzene rings is 1. The van der Waals surface area contributed by atoms with E-state index in [2.05, 4.69) is 4.74 Å². The van der Waals surface area contributed by atoms with Crippen molar-refractivity contribution < 1.29 is 28.5 Å². The summed E-state index contributed by atoms with van der Waals surface area (Å²) in [6.07, 6.45) is 0. The first kappa shape index (κ1) is 14.1. The smallest absolute Gasteiger partial charge is 0.338 e. The van der Waals surface area contributed by atoms with Gasteiger partial charge in [0.1, 0.15) is 0 Å². The van der Waals surface area contributed by atoms with Gasteiger partial charge in [0.25, 0.3) is 0 Å². The second-order valence-electron chi connectivity index (χ2n) is 3.25. The lowest BCUT2D eigenvalue weighted by molar-refractivity contribution is 0.0470. The molecule has 0 aliphatic heterocycles. The topological polar surface area (TPSA) is 63.2 Å². The maximum absolute atomic E-state index is 11.5. The van der Waals surface area contributed by atoms with Crippen LogP contribution in [-0.4, -0.2) is 41.2 Å². The van der Waals surface area contributed by atoms with Crippen LogP contribution in [0.15, 0.2) is 12.1 Å². The molecule has 1 aromatic carbocycles. The van der Waals surface area contributed by atoms with Crippen LogP contribution in [-0.2, 0) is 9.47 Å². The number of ether oxygens (including phenoxy) is 5. The Morgan fingerprint density at radius 3 is 2.00 bits per heavy atom. The fraction of sp³-hybridized carbons (Fsp3) is 0.417. The van der Waals surface area contributed by atoms with Gasteiger partial charge in [-0.1, -0.05) is 0 Å². The van der Waals surface area contributed by atoms with Gasteiger partial charge in [-0.15, -0.1) is 0 Å². The van der Waals surface area contributed by atoms with Crippen molar-refractivity contribution in [2.45, 2.75) is 0 Å². The molecule has 6 heteroatoms. The summed E-state index contributed by atoms with van der Waals surface area (Å²) in [6, 6.07) is 3.03. The highest BCUT2D eigenvalue weighted by Gasteiger charge is 2.17. The van der Waals surface area contributed by atoms with Crippen LogP contribution in [0.1, 0.15) is 10.4 Å². The zero-order chi connectivity index (χ0) is 13.5. The van der Waals surface area contributed by atoms with E-state index in [1.165, 1.54) is 40.6 Å². The number of carbonyl (C=O) groups is 1. The van der Waals surface area contributed by atoms with Crippen LogP contribution in [0.4, 0.5) is 0 Å². The minimum Gasteiger partial charge on any atom is -0.493 e. The van der Waals surface area contributed by atoms with E-state index in [4.69, 9.17) is 18.9 Å². The van der Waals surface area contributed by atoms with Crippen molar-refractivity contribution >= 4 is 5.97 Å². The monoisotopic (exact) mass is 256 g/mol. The maximum atomic E-state index is 11.5. The molecule has 0 atom stereocenters. The lowest BCUT2D eigenvalue weighted by atomic mass is 10.2. The molecule has 0 fully saturated rings. The van der Waals surface area contributed by atoms with E-state index in [1.54, 1.807) is 0 Å². The van der Waals surface area contributed by atoms with E-state index in [1.807, 2.05) is 0 Å². The van der Waals surface area contributed by atoms with Gasteiger partial charge in [-0.3, -0.25) is 0 Å². The van der Waals surface area contributed by atoms with Crippen LogP contribution in [0.5, 0.6) is 17.2 Å². The van der Waals surface area contributed by atoms with Crippen molar-refractivity contribution in [3.8, 4) is 17.2 Å². The standard InChI is InChI=1S/C12H16O6/c1-14-7-18-11-9(15-2)5-8(12(13)17-4)6-10(11)16-3/h5-6H,7H2,1-4H3. The van der Waals surface area contributed by atoms with Gasteiger partial charge in [-0.25, -0.2) is 4.79 Å². The molecule has 0 spiro atoms. The van der Waals surface area contributed by atoms with E-state index in [0.717, 1.165) is 0 Å². The predicted molar refractivity (Wildman–Crippen MR) is 63.4 cm³/mol. The van der Waals surface area contributed by atoms with Crippen molar-refractivity contribution in [3.63, 3.8) is 0 Å². The molecule has 1 aromatic rings. The molecule has 1 rings (SSSR count). The molecule has 100 valence electrons. The first-order valence-electron chi connectivity index (χ1n) is 5.14. The number of rotatable bonds is 6. The average Bonchev–Trinajstić information content (AvgIpc) is 2.43. The Hall–Kier alpha value is -1.95. The van der Waals surface area contributed by atoms with E-state index in [-0.39, 0.29) is 6.79 Å². The normalized spacial score (nSPS) is 9.78. The molecule has 0 saturated heterocycles. The highest BCUT2D eigenvalue weighted by molar-refractivity contribution is 5.91. The van der Waals surface area contributed by atoms with Crippen LogP contribution in [0.25, 0.3) is 0 Å². The third kappa shape index (κ3) is 3.04. The number of hydrogen-bond acceptors (Lipinski definition) is 6. The first-order chi connectivity index (χ1) is 8.67. The molecule has 0 aliphatic carbocycles. The van der Waals surface area contributed by atoms with Gasteiger partial charge in [-0.05, 0) is 12.1 Å². The third-order valence-corrected chi connectivity index (χ3v) is 2.20. The van der Waals surface area contributed by atoms with Crippen LogP contribution < -0.4 is 14.2 Å². The van der Waals surface area contributed by atoms with Crippen LogP contribution in [0, 0.1) is 0 Å². The summed E-state index contributed by atoms with van der Waals surface area (Å²) >= 11 is 0. The molecule has 0 heterocycles. The molecular weight excluding hydrogens is 240 g/mol. The lowest BCUT2D eigenvalue weighted by Crippen LogP contribution is -2.06. The molecular formula is C12H16O6. The Balaban J connectivity index is 3.20. The highest BCUT2D eigenvalue weighted by atomic mass is 16.7.